The van der Waals surface area contributed by atoms with Crippen molar-refractivity contribution in [2.45, 2.75) is 65.0 Å². The van der Waals surface area contributed by atoms with E-state index in [9.17, 15) is 0 Å². The largest absolute Gasteiger partial charge is 0.377 e. The van der Waals surface area contributed by atoms with Crippen LogP contribution >= 0.6 is 0 Å². The Kier molecular flexibility index (Phi) is 5.67. The second kappa shape index (κ2) is 7.05. The third-order valence-corrected chi connectivity index (χ3v) is 4.79. The highest BCUT2D eigenvalue weighted by Gasteiger charge is 2.30. The third-order valence-electron chi connectivity index (χ3n) is 4.79. The van der Waals surface area contributed by atoms with Gasteiger partial charge in [-0.1, -0.05) is 20.8 Å². The molecule has 0 radical (unpaired) electrons. The van der Waals surface area contributed by atoms with E-state index in [-0.39, 0.29) is 0 Å². The molecule has 0 aromatic heterocycles. The molecule has 2 rings (SSSR count). The van der Waals surface area contributed by atoms with E-state index in [1.165, 1.54) is 38.6 Å². The highest BCUT2D eigenvalue weighted by Crippen LogP contribution is 2.26. The predicted octanol–water partition coefficient (Wildman–Crippen LogP) is 2.66. The number of nitrogens with one attached hydrogen (secondary N) is 1. The molecule has 1 aliphatic heterocycles. The molecule has 1 aliphatic carbocycles. The van der Waals surface area contributed by atoms with Crippen LogP contribution in [0.3, 0.4) is 0 Å². The molecule has 112 valence electrons. The Hall–Kier alpha value is -0.120. The first kappa shape index (κ1) is 15.3. The van der Waals surface area contributed by atoms with Crippen molar-refractivity contribution in [1.29, 1.82) is 0 Å². The van der Waals surface area contributed by atoms with Crippen molar-refractivity contribution in [2.75, 3.05) is 32.8 Å². The topological polar surface area (TPSA) is 24.5 Å². The summed E-state index contributed by atoms with van der Waals surface area (Å²) in [6, 6.07) is 0.819. The van der Waals surface area contributed by atoms with Crippen molar-refractivity contribution in [3.05, 3.63) is 0 Å². The minimum absolute atomic E-state index is 0.400. The number of hydrogen-bond donors (Lipinski definition) is 1. The molecule has 3 heteroatoms. The van der Waals surface area contributed by atoms with Crippen molar-refractivity contribution in [1.82, 2.24) is 10.2 Å². The SMILES string of the molecule is CCN(CC1CCCO1)CC(C)(CC)CNC1CC1. The number of rotatable bonds is 9. The van der Waals surface area contributed by atoms with Crippen LogP contribution in [-0.4, -0.2) is 49.8 Å². The Labute approximate surface area is 119 Å². The molecule has 1 heterocycles. The molecule has 2 aliphatic rings. The van der Waals surface area contributed by atoms with Gasteiger partial charge in [0.1, 0.15) is 0 Å². The molecule has 1 saturated heterocycles. The predicted molar refractivity (Wildman–Crippen MR) is 80.5 cm³/mol. The molecule has 0 spiro atoms. The second-order valence-corrected chi connectivity index (χ2v) is 6.78. The lowest BCUT2D eigenvalue weighted by Crippen LogP contribution is -2.44. The first-order valence-electron chi connectivity index (χ1n) is 8.22. The van der Waals surface area contributed by atoms with E-state index >= 15 is 0 Å². The second-order valence-electron chi connectivity index (χ2n) is 6.78. The van der Waals surface area contributed by atoms with Gasteiger partial charge >= 0.3 is 0 Å². The molecule has 1 saturated carbocycles. The average Bonchev–Trinajstić information content (AvgIpc) is 3.12. The van der Waals surface area contributed by atoms with Gasteiger partial charge < -0.3 is 15.0 Å². The molecule has 0 amide bonds. The van der Waals surface area contributed by atoms with Gasteiger partial charge in [0.25, 0.3) is 0 Å². The number of nitrogens with zero attached hydrogens (tertiary/aromatic N) is 1. The molecule has 3 nitrogen and oxygen atoms in total. The summed E-state index contributed by atoms with van der Waals surface area (Å²) < 4.78 is 5.78. The lowest BCUT2D eigenvalue weighted by Gasteiger charge is -2.35. The van der Waals surface area contributed by atoms with Crippen LogP contribution in [0, 0.1) is 5.41 Å². The fourth-order valence-electron chi connectivity index (χ4n) is 2.89. The molecule has 19 heavy (non-hydrogen) atoms. The first-order valence-corrected chi connectivity index (χ1v) is 8.22. The Balaban J connectivity index is 1.78. The van der Waals surface area contributed by atoms with Gasteiger partial charge in [0.2, 0.25) is 0 Å². The highest BCUT2D eigenvalue weighted by molar-refractivity contribution is 4.87. The van der Waals surface area contributed by atoms with Gasteiger partial charge in [0, 0.05) is 32.3 Å². The van der Waals surface area contributed by atoms with E-state index in [2.05, 4.69) is 31.0 Å². The van der Waals surface area contributed by atoms with Crippen molar-refractivity contribution in [2.24, 2.45) is 5.41 Å². The molecule has 0 aromatic carbocycles. The maximum absolute atomic E-state index is 5.78. The summed E-state index contributed by atoms with van der Waals surface area (Å²) in [7, 11) is 0. The van der Waals surface area contributed by atoms with Crippen molar-refractivity contribution < 1.29 is 4.74 Å². The van der Waals surface area contributed by atoms with E-state index < -0.39 is 0 Å². The smallest absolute Gasteiger partial charge is 0.0702 e. The maximum atomic E-state index is 5.78. The van der Waals surface area contributed by atoms with Crippen LogP contribution in [0.5, 0.6) is 0 Å². The highest BCUT2D eigenvalue weighted by atomic mass is 16.5. The monoisotopic (exact) mass is 268 g/mol. The lowest BCUT2D eigenvalue weighted by molar-refractivity contribution is 0.0575. The van der Waals surface area contributed by atoms with E-state index in [1.54, 1.807) is 0 Å². The van der Waals surface area contributed by atoms with Crippen LogP contribution in [0.2, 0.25) is 0 Å². The zero-order chi connectivity index (χ0) is 13.7. The number of ether oxygens (including phenoxy) is 1. The van der Waals surface area contributed by atoms with E-state index in [0.29, 0.717) is 11.5 Å². The molecular formula is C16H32N2O. The van der Waals surface area contributed by atoms with Gasteiger partial charge in [0.05, 0.1) is 6.10 Å². The van der Waals surface area contributed by atoms with Gasteiger partial charge in [-0.05, 0) is 44.1 Å². The van der Waals surface area contributed by atoms with Gasteiger partial charge in [-0.3, -0.25) is 0 Å². The summed E-state index contributed by atoms with van der Waals surface area (Å²) in [5.74, 6) is 0. The minimum Gasteiger partial charge on any atom is -0.377 e. The van der Waals surface area contributed by atoms with Crippen LogP contribution in [0.25, 0.3) is 0 Å². The van der Waals surface area contributed by atoms with Gasteiger partial charge in [-0.2, -0.15) is 0 Å². The van der Waals surface area contributed by atoms with Crippen molar-refractivity contribution in [3.63, 3.8) is 0 Å². The zero-order valence-electron chi connectivity index (χ0n) is 13.1. The van der Waals surface area contributed by atoms with Gasteiger partial charge in [0.15, 0.2) is 0 Å². The normalized spacial score (nSPS) is 26.8. The number of likely N-dealkylation sites (N-methyl/N-ethyl adjacent to an activating group) is 1. The molecule has 2 fully saturated rings. The summed E-state index contributed by atoms with van der Waals surface area (Å²) in [6.45, 7) is 12.6. The molecular weight excluding hydrogens is 236 g/mol. The fourth-order valence-corrected chi connectivity index (χ4v) is 2.89. The molecule has 2 atom stereocenters. The molecule has 0 bridgehead atoms. The third kappa shape index (κ3) is 5.05. The fraction of sp³-hybridized carbons (Fsp3) is 1.00. The van der Waals surface area contributed by atoms with Crippen LogP contribution < -0.4 is 5.32 Å². The van der Waals surface area contributed by atoms with Gasteiger partial charge in [-0.15, -0.1) is 0 Å². The molecule has 0 aromatic rings. The summed E-state index contributed by atoms with van der Waals surface area (Å²) >= 11 is 0. The van der Waals surface area contributed by atoms with Crippen LogP contribution in [0.15, 0.2) is 0 Å². The Morgan fingerprint density at radius 3 is 2.58 bits per heavy atom. The first-order chi connectivity index (χ1) is 9.15. The van der Waals surface area contributed by atoms with E-state index in [4.69, 9.17) is 4.74 Å². The summed E-state index contributed by atoms with van der Waals surface area (Å²) in [5.41, 5.74) is 0.400. The Morgan fingerprint density at radius 2 is 2.05 bits per heavy atom. The average molecular weight is 268 g/mol. The van der Waals surface area contributed by atoms with Crippen LogP contribution in [-0.2, 0) is 4.74 Å². The van der Waals surface area contributed by atoms with Crippen LogP contribution in [0.4, 0.5) is 0 Å². The summed E-state index contributed by atoms with van der Waals surface area (Å²) in [5, 5.41) is 3.71. The summed E-state index contributed by atoms with van der Waals surface area (Å²) in [6.07, 6.45) is 6.99. The quantitative estimate of drug-likeness (QED) is 0.696. The van der Waals surface area contributed by atoms with Gasteiger partial charge in [-0.25, -0.2) is 0 Å². The summed E-state index contributed by atoms with van der Waals surface area (Å²) in [4.78, 5) is 2.59. The van der Waals surface area contributed by atoms with Crippen molar-refractivity contribution in [3.8, 4) is 0 Å². The molecule has 2 unspecified atom stereocenters. The maximum Gasteiger partial charge on any atom is 0.0702 e. The Bertz CT molecular complexity index is 261. The standard InChI is InChI=1S/C16H32N2O/c1-4-16(3,12-17-14-8-9-14)13-18(5-2)11-15-7-6-10-19-15/h14-15,17H,4-13H2,1-3H3. The van der Waals surface area contributed by atoms with E-state index in [0.717, 1.165) is 32.3 Å². The van der Waals surface area contributed by atoms with Crippen LogP contribution in [0.1, 0.15) is 52.9 Å². The number of hydrogen-bond acceptors (Lipinski definition) is 3. The molecule has 1 N–H and O–H groups in total. The van der Waals surface area contributed by atoms with E-state index in [1.807, 2.05) is 0 Å². The Morgan fingerprint density at radius 1 is 1.26 bits per heavy atom. The lowest BCUT2D eigenvalue weighted by atomic mass is 9.86. The minimum atomic E-state index is 0.400. The zero-order valence-corrected chi connectivity index (χ0v) is 13.1. The van der Waals surface area contributed by atoms with Crippen molar-refractivity contribution >= 4 is 0 Å².